The van der Waals surface area contributed by atoms with Crippen LogP contribution in [-0.2, 0) is 14.3 Å². The number of ether oxygens (including phenoxy) is 1. The van der Waals surface area contributed by atoms with E-state index in [4.69, 9.17) is 0 Å². The van der Waals surface area contributed by atoms with E-state index in [2.05, 4.69) is 31.3 Å². The van der Waals surface area contributed by atoms with Crippen molar-refractivity contribution in [3.05, 3.63) is 69.7 Å². The van der Waals surface area contributed by atoms with Crippen molar-refractivity contribution >= 4 is 33.7 Å². The molecule has 0 fully saturated rings. The number of rotatable bonds is 7. The molecule has 0 aliphatic carbocycles. The number of hydrogen-bond acceptors (Lipinski definition) is 4. The molecule has 28 heavy (non-hydrogen) atoms. The Morgan fingerprint density at radius 3 is 2.39 bits per heavy atom. The first-order chi connectivity index (χ1) is 13.3. The van der Waals surface area contributed by atoms with E-state index in [0.29, 0.717) is 11.6 Å². The first-order valence-electron chi connectivity index (χ1n) is 8.15. The number of carbonyl (C=O) groups is 3. The fraction of sp³-hybridized carbons (Fsp3) is 0.211. The lowest BCUT2D eigenvalue weighted by atomic mass is 10.0. The van der Waals surface area contributed by atoms with Crippen LogP contribution in [-0.4, -0.2) is 31.4 Å². The van der Waals surface area contributed by atoms with Crippen molar-refractivity contribution in [3.8, 4) is 0 Å². The summed E-state index contributed by atoms with van der Waals surface area (Å²) in [5.41, 5.74) is 0.283. The van der Waals surface area contributed by atoms with Crippen molar-refractivity contribution in [1.29, 1.82) is 0 Å². The molecule has 0 saturated carbocycles. The van der Waals surface area contributed by atoms with Crippen LogP contribution >= 0.6 is 15.9 Å². The minimum absolute atomic E-state index is 0.107. The Labute approximate surface area is 168 Å². The highest BCUT2D eigenvalue weighted by Gasteiger charge is 2.20. The maximum Gasteiger partial charge on any atom is 0.307 e. The van der Waals surface area contributed by atoms with Gasteiger partial charge in [0.15, 0.2) is 0 Å². The second-order valence-electron chi connectivity index (χ2n) is 5.76. The molecule has 2 N–H and O–H groups in total. The lowest BCUT2D eigenvalue weighted by Gasteiger charge is -2.18. The summed E-state index contributed by atoms with van der Waals surface area (Å²) in [6.45, 7) is -0.455. The molecule has 1 unspecified atom stereocenters. The van der Waals surface area contributed by atoms with E-state index >= 15 is 0 Å². The average Bonchev–Trinajstić information content (AvgIpc) is 2.66. The summed E-state index contributed by atoms with van der Waals surface area (Å²) in [6, 6.07) is 8.80. The van der Waals surface area contributed by atoms with Crippen molar-refractivity contribution in [1.82, 2.24) is 10.6 Å². The first kappa shape index (κ1) is 21.5. The smallest absolute Gasteiger partial charge is 0.307 e. The minimum Gasteiger partial charge on any atom is -0.469 e. The van der Waals surface area contributed by atoms with Crippen LogP contribution in [0.1, 0.15) is 28.4 Å². The van der Waals surface area contributed by atoms with Gasteiger partial charge in [-0.1, -0.05) is 28.1 Å². The molecular weight excluding hydrogens is 438 g/mol. The van der Waals surface area contributed by atoms with Gasteiger partial charge in [-0.25, -0.2) is 8.78 Å². The highest BCUT2D eigenvalue weighted by Crippen LogP contribution is 2.20. The molecule has 0 aromatic heterocycles. The van der Waals surface area contributed by atoms with Crippen molar-refractivity contribution in [2.45, 2.75) is 12.5 Å². The summed E-state index contributed by atoms with van der Waals surface area (Å²) < 4.78 is 32.0. The normalized spacial score (nSPS) is 11.4. The van der Waals surface area contributed by atoms with Crippen molar-refractivity contribution in [2.75, 3.05) is 13.7 Å². The van der Waals surface area contributed by atoms with Crippen LogP contribution < -0.4 is 10.6 Å². The van der Waals surface area contributed by atoms with Crippen molar-refractivity contribution in [2.24, 2.45) is 0 Å². The Morgan fingerprint density at radius 2 is 1.79 bits per heavy atom. The molecule has 0 spiro atoms. The quantitative estimate of drug-likeness (QED) is 0.630. The Kier molecular flexibility index (Phi) is 7.62. The fourth-order valence-corrected chi connectivity index (χ4v) is 2.64. The van der Waals surface area contributed by atoms with Gasteiger partial charge in [-0.15, -0.1) is 0 Å². The lowest BCUT2D eigenvalue weighted by Crippen LogP contribution is -2.39. The van der Waals surface area contributed by atoms with Gasteiger partial charge in [-0.2, -0.15) is 0 Å². The van der Waals surface area contributed by atoms with Gasteiger partial charge < -0.3 is 15.4 Å². The molecule has 2 rings (SSSR count). The van der Waals surface area contributed by atoms with E-state index in [-0.39, 0.29) is 12.0 Å². The van der Waals surface area contributed by atoms with Gasteiger partial charge in [0.1, 0.15) is 11.6 Å². The highest BCUT2D eigenvalue weighted by atomic mass is 79.9. The molecule has 2 aromatic rings. The molecule has 0 heterocycles. The SMILES string of the molecule is COC(=O)CC(NC(=O)CNC(=O)c1ccc(F)cc1F)c1ccc(Br)cc1. The van der Waals surface area contributed by atoms with E-state index in [1.165, 1.54) is 7.11 Å². The predicted molar refractivity (Wildman–Crippen MR) is 100 cm³/mol. The van der Waals surface area contributed by atoms with Crippen LogP contribution in [0.15, 0.2) is 46.9 Å². The largest absolute Gasteiger partial charge is 0.469 e. The van der Waals surface area contributed by atoms with Crippen LogP contribution in [0.2, 0.25) is 0 Å². The molecule has 2 amide bonds. The molecule has 0 aliphatic heterocycles. The van der Waals surface area contributed by atoms with Gasteiger partial charge in [0.2, 0.25) is 5.91 Å². The van der Waals surface area contributed by atoms with Gasteiger partial charge in [-0.05, 0) is 29.8 Å². The fourth-order valence-electron chi connectivity index (χ4n) is 2.37. The molecule has 0 radical (unpaired) electrons. The molecule has 1 atom stereocenters. The zero-order chi connectivity index (χ0) is 20.7. The molecule has 0 bridgehead atoms. The number of amides is 2. The summed E-state index contributed by atoms with van der Waals surface area (Å²) >= 11 is 3.30. The van der Waals surface area contributed by atoms with E-state index in [1.807, 2.05) is 0 Å². The third-order valence-corrected chi connectivity index (χ3v) is 4.32. The zero-order valence-electron chi connectivity index (χ0n) is 14.8. The van der Waals surface area contributed by atoms with Crippen LogP contribution in [0.3, 0.4) is 0 Å². The van der Waals surface area contributed by atoms with E-state index in [0.717, 1.165) is 16.6 Å². The first-order valence-corrected chi connectivity index (χ1v) is 8.94. The van der Waals surface area contributed by atoms with Crippen LogP contribution in [0.5, 0.6) is 0 Å². The Balaban J connectivity index is 2.01. The number of methoxy groups -OCH3 is 1. The topological polar surface area (TPSA) is 84.5 Å². The van der Waals surface area contributed by atoms with E-state index in [1.54, 1.807) is 24.3 Å². The summed E-state index contributed by atoms with van der Waals surface area (Å²) in [5, 5.41) is 4.88. The molecule has 0 saturated heterocycles. The summed E-state index contributed by atoms with van der Waals surface area (Å²) in [5.74, 6) is -3.82. The second kappa shape index (κ2) is 9.93. The molecule has 148 valence electrons. The number of carbonyl (C=O) groups excluding carboxylic acids is 3. The van der Waals surface area contributed by atoms with Crippen molar-refractivity contribution < 1.29 is 27.9 Å². The van der Waals surface area contributed by atoms with E-state index in [9.17, 15) is 23.2 Å². The number of nitrogens with one attached hydrogen (secondary N) is 2. The van der Waals surface area contributed by atoms with Gasteiger partial charge in [0.05, 0.1) is 31.7 Å². The maximum absolute atomic E-state index is 13.6. The van der Waals surface area contributed by atoms with Gasteiger partial charge >= 0.3 is 5.97 Å². The molecule has 6 nitrogen and oxygen atoms in total. The molecular formula is C19H17BrF2N2O4. The molecule has 9 heteroatoms. The van der Waals surface area contributed by atoms with Crippen LogP contribution in [0.25, 0.3) is 0 Å². The lowest BCUT2D eigenvalue weighted by molar-refractivity contribution is -0.141. The maximum atomic E-state index is 13.6. The van der Waals surface area contributed by atoms with E-state index < -0.39 is 42.0 Å². The molecule has 0 aliphatic rings. The Morgan fingerprint density at radius 1 is 1.11 bits per heavy atom. The summed E-state index contributed by atoms with van der Waals surface area (Å²) in [6.07, 6.45) is -0.107. The summed E-state index contributed by atoms with van der Waals surface area (Å²) in [4.78, 5) is 35.8. The monoisotopic (exact) mass is 454 g/mol. The van der Waals surface area contributed by atoms with Crippen LogP contribution in [0.4, 0.5) is 8.78 Å². The van der Waals surface area contributed by atoms with Gasteiger partial charge in [-0.3, -0.25) is 14.4 Å². The highest BCUT2D eigenvalue weighted by molar-refractivity contribution is 9.10. The zero-order valence-corrected chi connectivity index (χ0v) is 16.4. The van der Waals surface area contributed by atoms with Gasteiger partial charge in [0, 0.05) is 10.5 Å². The number of halogens is 3. The number of benzene rings is 2. The second-order valence-corrected chi connectivity index (χ2v) is 6.67. The third-order valence-electron chi connectivity index (χ3n) is 3.79. The molecule has 2 aromatic carbocycles. The standard InChI is InChI=1S/C19H17BrF2N2O4/c1-28-18(26)9-16(11-2-4-12(20)5-3-11)24-17(25)10-23-19(27)14-7-6-13(21)8-15(14)22/h2-8,16H,9-10H2,1H3,(H,23,27)(H,24,25). The van der Waals surface area contributed by atoms with Crippen LogP contribution in [0, 0.1) is 11.6 Å². The Bertz CT molecular complexity index is 875. The number of hydrogen-bond donors (Lipinski definition) is 2. The minimum atomic E-state index is -1.03. The third kappa shape index (κ3) is 6.12. The van der Waals surface area contributed by atoms with Crippen molar-refractivity contribution in [3.63, 3.8) is 0 Å². The average molecular weight is 455 g/mol. The van der Waals surface area contributed by atoms with Gasteiger partial charge in [0.25, 0.3) is 5.91 Å². The summed E-state index contributed by atoms with van der Waals surface area (Å²) in [7, 11) is 1.24. The Hall–Kier alpha value is -2.81. The predicted octanol–water partition coefficient (Wildman–Crippen LogP) is 2.88. The number of esters is 1.